The SMILES string of the molecule is CCOc1ccccc1-n1nnnc1SCC(=O)Nc1cc(S(=O)(=O)N(C)C)ccc1OC. The second kappa shape index (κ2) is 10.6. The molecule has 1 N–H and O–H groups in total. The summed E-state index contributed by atoms with van der Waals surface area (Å²) in [6.07, 6.45) is 0. The summed E-state index contributed by atoms with van der Waals surface area (Å²) in [5, 5.41) is 14.8. The Balaban J connectivity index is 1.76. The van der Waals surface area contributed by atoms with Crippen molar-refractivity contribution in [3.05, 3.63) is 42.5 Å². The second-order valence-corrected chi connectivity index (χ2v) is 9.85. The number of nitrogens with one attached hydrogen (secondary N) is 1. The van der Waals surface area contributed by atoms with Crippen LogP contribution in [0.1, 0.15) is 6.92 Å². The molecule has 1 amide bonds. The molecule has 0 aliphatic rings. The summed E-state index contributed by atoms with van der Waals surface area (Å²) < 4.78 is 38.3. The van der Waals surface area contributed by atoms with Crippen molar-refractivity contribution in [1.82, 2.24) is 24.5 Å². The Morgan fingerprint density at radius 3 is 2.64 bits per heavy atom. The molecule has 176 valence electrons. The Kier molecular flexibility index (Phi) is 7.89. The number of nitrogens with zero attached hydrogens (tertiary/aromatic N) is 5. The second-order valence-electron chi connectivity index (χ2n) is 6.76. The van der Waals surface area contributed by atoms with E-state index in [0.717, 1.165) is 16.1 Å². The van der Waals surface area contributed by atoms with Gasteiger partial charge in [-0.3, -0.25) is 4.79 Å². The Labute approximate surface area is 196 Å². The third-order valence-electron chi connectivity index (χ3n) is 4.39. The maximum Gasteiger partial charge on any atom is 0.242 e. The molecule has 3 rings (SSSR count). The molecule has 1 aromatic heterocycles. The maximum atomic E-state index is 12.6. The molecule has 3 aromatic rings. The minimum Gasteiger partial charge on any atom is -0.495 e. The van der Waals surface area contributed by atoms with Crippen LogP contribution in [0.3, 0.4) is 0 Å². The van der Waals surface area contributed by atoms with E-state index in [2.05, 4.69) is 20.8 Å². The number of ether oxygens (including phenoxy) is 2. The minimum atomic E-state index is -3.67. The van der Waals surface area contributed by atoms with Crippen molar-refractivity contribution in [1.29, 1.82) is 0 Å². The average molecular weight is 493 g/mol. The van der Waals surface area contributed by atoms with Gasteiger partial charge < -0.3 is 14.8 Å². The Morgan fingerprint density at radius 1 is 1.18 bits per heavy atom. The van der Waals surface area contributed by atoms with Crippen LogP contribution in [0.4, 0.5) is 5.69 Å². The van der Waals surface area contributed by atoms with Gasteiger partial charge in [0.2, 0.25) is 21.1 Å². The summed E-state index contributed by atoms with van der Waals surface area (Å²) in [4.78, 5) is 12.7. The summed E-state index contributed by atoms with van der Waals surface area (Å²) in [6.45, 7) is 2.36. The van der Waals surface area contributed by atoms with Gasteiger partial charge in [0.05, 0.1) is 30.1 Å². The van der Waals surface area contributed by atoms with Crippen LogP contribution in [0.5, 0.6) is 11.5 Å². The molecule has 0 saturated carbocycles. The van der Waals surface area contributed by atoms with Gasteiger partial charge in [-0.05, 0) is 47.7 Å². The Hall–Kier alpha value is -3.16. The summed E-state index contributed by atoms with van der Waals surface area (Å²) >= 11 is 1.12. The zero-order chi connectivity index (χ0) is 24.0. The van der Waals surface area contributed by atoms with Gasteiger partial charge in [0.1, 0.15) is 17.2 Å². The molecular formula is C20H24N6O5S2. The maximum absolute atomic E-state index is 12.6. The van der Waals surface area contributed by atoms with E-state index in [1.165, 1.54) is 44.1 Å². The van der Waals surface area contributed by atoms with Crippen LogP contribution < -0.4 is 14.8 Å². The fraction of sp³-hybridized carbons (Fsp3) is 0.300. The van der Waals surface area contributed by atoms with Crippen LogP contribution in [-0.4, -0.2) is 72.4 Å². The summed E-state index contributed by atoms with van der Waals surface area (Å²) in [5.74, 6) is 0.541. The van der Waals surface area contributed by atoms with Crippen molar-refractivity contribution in [2.24, 2.45) is 0 Å². The highest BCUT2D eigenvalue weighted by molar-refractivity contribution is 7.99. The summed E-state index contributed by atoms with van der Waals surface area (Å²) in [5.41, 5.74) is 0.892. The predicted molar refractivity (Wildman–Crippen MR) is 124 cm³/mol. The van der Waals surface area contributed by atoms with Crippen LogP contribution in [0.25, 0.3) is 5.69 Å². The fourth-order valence-corrected chi connectivity index (χ4v) is 4.41. The van der Waals surface area contributed by atoms with Gasteiger partial charge in [-0.1, -0.05) is 23.9 Å². The molecule has 0 fully saturated rings. The van der Waals surface area contributed by atoms with Crippen LogP contribution in [-0.2, 0) is 14.8 Å². The number of benzene rings is 2. The van der Waals surface area contributed by atoms with E-state index >= 15 is 0 Å². The Bertz CT molecular complexity index is 1230. The monoisotopic (exact) mass is 492 g/mol. The lowest BCUT2D eigenvalue weighted by molar-refractivity contribution is -0.113. The number of sulfonamides is 1. The van der Waals surface area contributed by atoms with E-state index < -0.39 is 10.0 Å². The van der Waals surface area contributed by atoms with Gasteiger partial charge in [-0.25, -0.2) is 12.7 Å². The molecule has 0 radical (unpaired) electrons. The number of hydrogen-bond donors (Lipinski definition) is 1. The largest absolute Gasteiger partial charge is 0.495 e. The highest BCUT2D eigenvalue weighted by Gasteiger charge is 2.20. The molecule has 2 aromatic carbocycles. The first-order chi connectivity index (χ1) is 15.8. The van der Waals surface area contributed by atoms with Gasteiger partial charge in [0.15, 0.2) is 0 Å². The number of anilines is 1. The van der Waals surface area contributed by atoms with Crippen molar-refractivity contribution in [2.45, 2.75) is 17.0 Å². The number of para-hydroxylation sites is 2. The van der Waals surface area contributed by atoms with E-state index in [4.69, 9.17) is 9.47 Å². The molecule has 0 atom stereocenters. The van der Waals surface area contributed by atoms with Gasteiger partial charge in [-0.2, -0.15) is 4.68 Å². The van der Waals surface area contributed by atoms with Crippen molar-refractivity contribution in [3.8, 4) is 17.2 Å². The molecule has 0 spiro atoms. The minimum absolute atomic E-state index is 0.0228. The van der Waals surface area contributed by atoms with E-state index in [0.29, 0.717) is 28.9 Å². The number of aromatic nitrogens is 4. The average Bonchev–Trinajstić information content (AvgIpc) is 3.26. The zero-order valence-corrected chi connectivity index (χ0v) is 20.2. The number of carbonyl (C=O) groups excluding carboxylic acids is 1. The predicted octanol–water partition coefficient (Wildman–Crippen LogP) is 2.05. The van der Waals surface area contributed by atoms with Gasteiger partial charge in [0.25, 0.3) is 0 Å². The third kappa shape index (κ3) is 5.61. The van der Waals surface area contributed by atoms with Gasteiger partial charge in [0, 0.05) is 14.1 Å². The molecule has 11 nitrogen and oxygen atoms in total. The number of amides is 1. The lowest BCUT2D eigenvalue weighted by Crippen LogP contribution is -2.22. The molecule has 13 heteroatoms. The van der Waals surface area contributed by atoms with E-state index in [1.807, 2.05) is 31.2 Å². The van der Waals surface area contributed by atoms with Gasteiger partial charge in [-0.15, -0.1) is 5.10 Å². The molecular weight excluding hydrogens is 468 g/mol. The first-order valence-electron chi connectivity index (χ1n) is 9.81. The van der Waals surface area contributed by atoms with E-state index in [1.54, 1.807) is 0 Å². The smallest absolute Gasteiger partial charge is 0.242 e. The molecule has 0 bridgehead atoms. The normalized spacial score (nSPS) is 11.4. The van der Waals surface area contributed by atoms with Crippen molar-refractivity contribution in [3.63, 3.8) is 0 Å². The molecule has 0 saturated heterocycles. The van der Waals surface area contributed by atoms with Crippen LogP contribution in [0.15, 0.2) is 52.5 Å². The molecule has 0 aliphatic carbocycles. The Morgan fingerprint density at radius 2 is 1.94 bits per heavy atom. The van der Waals surface area contributed by atoms with Crippen LogP contribution >= 0.6 is 11.8 Å². The van der Waals surface area contributed by atoms with Gasteiger partial charge >= 0.3 is 0 Å². The molecule has 0 aliphatic heterocycles. The van der Waals surface area contributed by atoms with Crippen molar-refractivity contribution >= 4 is 33.4 Å². The van der Waals surface area contributed by atoms with Crippen molar-refractivity contribution in [2.75, 3.05) is 38.9 Å². The number of carbonyl (C=O) groups is 1. The zero-order valence-electron chi connectivity index (χ0n) is 18.5. The van der Waals surface area contributed by atoms with E-state index in [-0.39, 0.29) is 22.2 Å². The highest BCUT2D eigenvalue weighted by Crippen LogP contribution is 2.29. The number of rotatable bonds is 10. The summed E-state index contributed by atoms with van der Waals surface area (Å²) in [6, 6.07) is 11.6. The summed E-state index contributed by atoms with van der Waals surface area (Å²) in [7, 11) is 0.627. The lowest BCUT2D eigenvalue weighted by Gasteiger charge is -2.15. The number of tetrazole rings is 1. The fourth-order valence-electron chi connectivity index (χ4n) is 2.80. The topological polar surface area (TPSA) is 129 Å². The van der Waals surface area contributed by atoms with Crippen LogP contribution in [0.2, 0.25) is 0 Å². The highest BCUT2D eigenvalue weighted by atomic mass is 32.2. The molecule has 1 heterocycles. The quantitative estimate of drug-likeness (QED) is 0.423. The first-order valence-corrected chi connectivity index (χ1v) is 12.2. The first kappa shape index (κ1) is 24.5. The molecule has 33 heavy (non-hydrogen) atoms. The molecule has 0 unspecified atom stereocenters. The number of methoxy groups -OCH3 is 1. The van der Waals surface area contributed by atoms with Crippen LogP contribution in [0, 0.1) is 0 Å². The van der Waals surface area contributed by atoms with E-state index in [9.17, 15) is 13.2 Å². The third-order valence-corrected chi connectivity index (χ3v) is 7.12. The lowest BCUT2D eigenvalue weighted by atomic mass is 10.3. The van der Waals surface area contributed by atoms with Crippen molar-refractivity contribution < 1.29 is 22.7 Å². The number of hydrogen-bond acceptors (Lipinski definition) is 9. The standard InChI is InChI=1S/C20H24N6O5S2/c1-5-31-18-9-7-6-8-16(18)26-20(22-23-24-26)32-13-19(27)21-15-12-14(10-11-17(15)30-4)33(28,29)25(2)3/h6-12H,5,13H2,1-4H3,(H,21,27). The number of thioether (sulfide) groups is 1.